The molecule has 0 radical (unpaired) electrons. The van der Waals surface area contributed by atoms with Crippen molar-refractivity contribution in [1.29, 1.82) is 0 Å². The molecule has 0 heterocycles. The van der Waals surface area contributed by atoms with Crippen LogP contribution in [0.5, 0.6) is 0 Å². The van der Waals surface area contributed by atoms with Crippen LogP contribution >= 0.6 is 0 Å². The first-order valence-corrected chi connectivity index (χ1v) is 8.38. The van der Waals surface area contributed by atoms with E-state index >= 15 is 0 Å². The van der Waals surface area contributed by atoms with Crippen molar-refractivity contribution in [2.75, 3.05) is 4.90 Å². The van der Waals surface area contributed by atoms with Crippen molar-refractivity contribution in [2.24, 2.45) is 0 Å². The van der Waals surface area contributed by atoms with Crippen LogP contribution in [0.25, 0.3) is 0 Å². The zero-order valence-corrected chi connectivity index (χ0v) is 13.6. The first kappa shape index (κ1) is 16.3. The number of nitrogens with zero attached hydrogens (tertiary/aromatic N) is 1. The number of hydrogen-bond acceptors (Lipinski definition) is 2. The van der Waals surface area contributed by atoms with Crippen molar-refractivity contribution in [1.82, 2.24) is 0 Å². The van der Waals surface area contributed by atoms with E-state index in [1.165, 1.54) is 0 Å². The second-order valence-corrected chi connectivity index (χ2v) is 6.15. The number of carbonyl (C=O) groups excluding carboxylic acids is 1. The summed E-state index contributed by atoms with van der Waals surface area (Å²) < 4.78 is 0. The Morgan fingerprint density at radius 2 is 1.38 bits per heavy atom. The Balaban J connectivity index is 1.90. The Kier molecular flexibility index (Phi) is 4.98. The molecule has 0 spiro atoms. The highest BCUT2D eigenvalue weighted by molar-refractivity contribution is 6.10. The molecule has 2 aromatic rings. The van der Waals surface area contributed by atoms with E-state index in [0.717, 1.165) is 30.6 Å². The molecule has 1 amide bonds. The van der Waals surface area contributed by atoms with Gasteiger partial charge in [-0.15, -0.1) is 0 Å². The number of para-hydroxylation sites is 2. The second kappa shape index (κ2) is 7.33. The van der Waals surface area contributed by atoms with Crippen LogP contribution in [0.15, 0.2) is 60.7 Å². The second-order valence-electron chi connectivity index (χ2n) is 6.15. The van der Waals surface area contributed by atoms with Gasteiger partial charge in [-0.1, -0.05) is 48.7 Å². The number of carbonyl (C=O) groups is 1. The fourth-order valence-corrected chi connectivity index (χ4v) is 3.03. The van der Waals surface area contributed by atoms with Gasteiger partial charge in [0.2, 0.25) is 0 Å². The van der Waals surface area contributed by atoms with E-state index in [2.05, 4.69) is 11.8 Å². The minimum Gasteiger partial charge on any atom is -0.378 e. The lowest BCUT2D eigenvalue weighted by Crippen LogP contribution is -2.30. The fraction of sp³-hybridized carbons (Fsp3) is 0.286. The van der Waals surface area contributed by atoms with Crippen LogP contribution in [0.2, 0.25) is 0 Å². The molecule has 0 aliphatic heterocycles. The molecule has 0 bridgehead atoms. The van der Waals surface area contributed by atoms with Crippen molar-refractivity contribution in [2.45, 2.75) is 37.7 Å². The summed E-state index contributed by atoms with van der Waals surface area (Å²) in [6, 6.07) is 18.9. The maximum Gasteiger partial charge on any atom is 0.307 e. The number of rotatable bonds is 2. The summed E-state index contributed by atoms with van der Waals surface area (Å²) >= 11 is 0. The third-order valence-corrected chi connectivity index (χ3v) is 4.31. The molecule has 1 saturated carbocycles. The van der Waals surface area contributed by atoms with Crippen LogP contribution in [0.3, 0.4) is 0 Å². The first-order chi connectivity index (χ1) is 11.7. The smallest absolute Gasteiger partial charge is 0.307 e. The van der Waals surface area contributed by atoms with Crippen LogP contribution < -0.4 is 4.90 Å². The molecule has 2 aromatic carbocycles. The van der Waals surface area contributed by atoms with Gasteiger partial charge in [0.25, 0.3) is 0 Å². The predicted molar refractivity (Wildman–Crippen MR) is 95.8 cm³/mol. The summed E-state index contributed by atoms with van der Waals surface area (Å²) in [6.45, 7) is 0. The average Bonchev–Trinajstić information content (AvgIpc) is 2.63. The molecule has 0 unspecified atom stereocenters. The summed E-state index contributed by atoms with van der Waals surface area (Å²) in [5.41, 5.74) is 0.504. The minimum absolute atomic E-state index is 0.327. The lowest BCUT2D eigenvalue weighted by Gasteiger charge is -2.26. The summed E-state index contributed by atoms with van der Waals surface area (Å²) in [7, 11) is 0. The van der Waals surface area contributed by atoms with Crippen LogP contribution in [0.1, 0.15) is 32.1 Å². The van der Waals surface area contributed by atoms with Crippen molar-refractivity contribution >= 4 is 17.3 Å². The van der Waals surface area contributed by atoms with Gasteiger partial charge in [-0.3, -0.25) is 9.69 Å². The standard InChI is InChI=1S/C21H21NO2/c23-20(14-17-21(24)15-8-3-9-16-21)22(18-10-4-1-5-11-18)19-12-6-2-7-13-19/h1-2,4-7,10-13,24H,3,8-9,15-16H2. The van der Waals surface area contributed by atoms with Gasteiger partial charge in [-0.05, 0) is 55.9 Å². The van der Waals surface area contributed by atoms with E-state index < -0.39 is 5.60 Å². The van der Waals surface area contributed by atoms with E-state index in [1.807, 2.05) is 60.7 Å². The van der Waals surface area contributed by atoms with Gasteiger partial charge in [0.1, 0.15) is 5.60 Å². The molecular formula is C21H21NO2. The van der Waals surface area contributed by atoms with Crippen molar-refractivity contribution < 1.29 is 9.90 Å². The highest BCUT2D eigenvalue weighted by Gasteiger charge is 2.27. The first-order valence-electron chi connectivity index (χ1n) is 8.38. The highest BCUT2D eigenvalue weighted by Crippen LogP contribution is 2.28. The van der Waals surface area contributed by atoms with Crippen LogP contribution in [-0.4, -0.2) is 16.6 Å². The Bertz CT molecular complexity index is 698. The molecule has 0 saturated heterocycles. The monoisotopic (exact) mass is 319 g/mol. The van der Waals surface area contributed by atoms with E-state index in [4.69, 9.17) is 0 Å². The summed E-state index contributed by atoms with van der Waals surface area (Å²) in [5.74, 6) is 5.18. The normalized spacial score (nSPS) is 15.9. The molecule has 3 nitrogen and oxygen atoms in total. The van der Waals surface area contributed by atoms with E-state index in [-0.39, 0.29) is 5.91 Å². The molecule has 1 N–H and O–H groups in total. The summed E-state index contributed by atoms with van der Waals surface area (Å²) in [4.78, 5) is 14.4. The Hall–Kier alpha value is -2.57. The van der Waals surface area contributed by atoms with Crippen LogP contribution in [0.4, 0.5) is 11.4 Å². The zero-order valence-electron chi connectivity index (χ0n) is 13.6. The number of amides is 1. The van der Waals surface area contributed by atoms with E-state index in [1.54, 1.807) is 4.90 Å². The summed E-state index contributed by atoms with van der Waals surface area (Å²) in [5, 5.41) is 10.5. The van der Waals surface area contributed by atoms with Crippen LogP contribution in [0, 0.1) is 11.8 Å². The number of hydrogen-bond donors (Lipinski definition) is 1. The molecular weight excluding hydrogens is 298 g/mol. The van der Waals surface area contributed by atoms with Crippen LogP contribution in [-0.2, 0) is 4.79 Å². The molecule has 122 valence electrons. The Labute approximate surface area is 142 Å². The summed E-state index contributed by atoms with van der Waals surface area (Å²) in [6.07, 6.45) is 4.33. The zero-order chi connectivity index (χ0) is 16.8. The molecule has 24 heavy (non-hydrogen) atoms. The quantitative estimate of drug-likeness (QED) is 0.848. The van der Waals surface area contributed by atoms with Gasteiger partial charge in [0, 0.05) is 11.4 Å². The predicted octanol–water partition coefficient (Wildman–Crippen LogP) is 4.05. The van der Waals surface area contributed by atoms with Gasteiger partial charge in [-0.2, -0.15) is 0 Å². The topological polar surface area (TPSA) is 40.5 Å². The maximum atomic E-state index is 12.8. The SMILES string of the molecule is O=C(C#CC1(O)CCCCC1)N(c1ccccc1)c1ccccc1. The molecule has 0 aromatic heterocycles. The number of anilines is 2. The van der Waals surface area contributed by atoms with Gasteiger partial charge in [-0.25, -0.2) is 0 Å². The van der Waals surface area contributed by atoms with Crippen molar-refractivity contribution in [3.05, 3.63) is 60.7 Å². The molecule has 3 heteroatoms. The van der Waals surface area contributed by atoms with Gasteiger partial charge >= 0.3 is 5.91 Å². The van der Waals surface area contributed by atoms with Gasteiger partial charge in [0.05, 0.1) is 0 Å². The number of aliphatic hydroxyl groups is 1. The largest absolute Gasteiger partial charge is 0.378 e. The Morgan fingerprint density at radius 1 is 0.875 bits per heavy atom. The van der Waals surface area contributed by atoms with Crippen molar-refractivity contribution in [3.63, 3.8) is 0 Å². The Morgan fingerprint density at radius 3 is 1.88 bits per heavy atom. The number of benzene rings is 2. The molecule has 1 fully saturated rings. The average molecular weight is 319 g/mol. The molecule has 1 aliphatic carbocycles. The third kappa shape index (κ3) is 3.84. The molecule has 3 rings (SSSR count). The van der Waals surface area contributed by atoms with E-state index in [9.17, 15) is 9.90 Å². The minimum atomic E-state index is -1.02. The fourth-order valence-electron chi connectivity index (χ4n) is 3.03. The van der Waals surface area contributed by atoms with E-state index in [0.29, 0.717) is 12.8 Å². The lowest BCUT2D eigenvalue weighted by molar-refractivity contribution is -0.112. The van der Waals surface area contributed by atoms with Gasteiger partial charge in [0.15, 0.2) is 0 Å². The molecule has 0 atom stereocenters. The molecule has 1 aliphatic rings. The van der Waals surface area contributed by atoms with Crippen molar-refractivity contribution in [3.8, 4) is 11.8 Å². The highest BCUT2D eigenvalue weighted by atomic mass is 16.3. The lowest BCUT2D eigenvalue weighted by atomic mass is 9.85. The third-order valence-electron chi connectivity index (χ3n) is 4.31. The van der Waals surface area contributed by atoms with Gasteiger partial charge < -0.3 is 5.11 Å². The maximum absolute atomic E-state index is 12.8.